The number of nitrogens with zero attached hydrogens (tertiary/aromatic N) is 1. The maximum atomic E-state index is 12.5. The minimum atomic E-state index is -1.06. The second-order valence-electron chi connectivity index (χ2n) is 7.30. The summed E-state index contributed by atoms with van der Waals surface area (Å²) in [7, 11) is 0. The zero-order valence-corrected chi connectivity index (χ0v) is 17.6. The van der Waals surface area contributed by atoms with Crippen molar-refractivity contribution in [2.24, 2.45) is 0 Å². The van der Waals surface area contributed by atoms with Gasteiger partial charge in [0.05, 0.1) is 0 Å². The molecule has 5 nitrogen and oxygen atoms in total. The molecular formula is C24H23ClN2O3. The Balaban J connectivity index is 1.57. The van der Waals surface area contributed by atoms with Crippen LogP contribution in [0.25, 0.3) is 0 Å². The first-order valence-corrected chi connectivity index (χ1v) is 10.0. The first kappa shape index (κ1) is 21.5. The van der Waals surface area contributed by atoms with Crippen LogP contribution in [0.3, 0.4) is 0 Å². The van der Waals surface area contributed by atoms with Gasteiger partial charge in [0.15, 0.2) is 11.4 Å². The highest BCUT2D eigenvalue weighted by Crippen LogP contribution is 2.21. The summed E-state index contributed by atoms with van der Waals surface area (Å²) in [5.74, 6) is 0.178. The smallest absolute Gasteiger partial charge is 0.263 e. The van der Waals surface area contributed by atoms with Crippen LogP contribution in [0.1, 0.15) is 35.5 Å². The molecule has 0 bridgehead atoms. The average molecular weight is 423 g/mol. The molecule has 2 aromatic carbocycles. The topological polar surface area (TPSA) is 68.3 Å². The van der Waals surface area contributed by atoms with E-state index in [1.165, 1.54) is 0 Å². The van der Waals surface area contributed by atoms with Crippen LogP contribution in [-0.4, -0.2) is 28.8 Å². The van der Waals surface area contributed by atoms with Gasteiger partial charge in [-0.05, 0) is 74.5 Å². The molecule has 1 aromatic heterocycles. The predicted octanol–water partition coefficient (Wildman–Crippen LogP) is 4.48. The number of carbonyl (C=O) groups excluding carboxylic acids is 2. The van der Waals surface area contributed by atoms with E-state index in [0.717, 1.165) is 5.69 Å². The molecule has 0 aliphatic rings. The van der Waals surface area contributed by atoms with Gasteiger partial charge < -0.3 is 10.1 Å². The summed E-state index contributed by atoms with van der Waals surface area (Å²) in [6.07, 6.45) is 2.37. The molecule has 0 aliphatic heterocycles. The van der Waals surface area contributed by atoms with Gasteiger partial charge >= 0.3 is 0 Å². The summed E-state index contributed by atoms with van der Waals surface area (Å²) < 4.78 is 5.87. The Morgan fingerprint density at radius 3 is 2.20 bits per heavy atom. The van der Waals surface area contributed by atoms with Gasteiger partial charge in [-0.3, -0.25) is 14.6 Å². The van der Waals surface area contributed by atoms with Gasteiger partial charge in [0, 0.05) is 41.0 Å². The van der Waals surface area contributed by atoms with Crippen LogP contribution in [0.2, 0.25) is 5.02 Å². The van der Waals surface area contributed by atoms with Crippen molar-refractivity contribution in [1.29, 1.82) is 0 Å². The fourth-order valence-electron chi connectivity index (χ4n) is 2.85. The molecule has 0 atom stereocenters. The number of hydrogen-bond acceptors (Lipinski definition) is 4. The fraction of sp³-hybridized carbons (Fsp3) is 0.208. The third-order valence-corrected chi connectivity index (χ3v) is 4.79. The maximum absolute atomic E-state index is 12.5. The largest absolute Gasteiger partial charge is 0.478 e. The Morgan fingerprint density at radius 2 is 1.60 bits per heavy atom. The quantitative estimate of drug-likeness (QED) is 0.543. The molecule has 0 unspecified atom stereocenters. The number of pyridine rings is 1. The van der Waals surface area contributed by atoms with Crippen molar-refractivity contribution in [3.63, 3.8) is 0 Å². The molecule has 30 heavy (non-hydrogen) atoms. The molecule has 3 rings (SSSR count). The molecule has 0 fully saturated rings. The molecule has 0 saturated heterocycles. The highest BCUT2D eigenvalue weighted by molar-refractivity contribution is 6.30. The van der Waals surface area contributed by atoms with Crippen molar-refractivity contribution in [2.75, 3.05) is 6.54 Å². The second-order valence-corrected chi connectivity index (χ2v) is 7.74. The molecule has 6 heteroatoms. The number of amides is 1. The highest BCUT2D eigenvalue weighted by atomic mass is 35.5. The number of benzene rings is 2. The fourth-order valence-corrected chi connectivity index (χ4v) is 2.97. The third kappa shape index (κ3) is 5.67. The van der Waals surface area contributed by atoms with Gasteiger partial charge in [-0.1, -0.05) is 17.7 Å². The standard InChI is InChI=1S/C24H23ClN2O3/c1-24(2,23(29)27-16-14-20-5-3-4-15-26-20)30-21-12-8-18(9-13-21)22(28)17-6-10-19(25)11-7-17/h3-13,15H,14,16H2,1-2H3,(H,27,29). The van der Waals surface area contributed by atoms with Crippen LogP contribution < -0.4 is 10.1 Å². The highest BCUT2D eigenvalue weighted by Gasteiger charge is 2.29. The monoisotopic (exact) mass is 422 g/mol. The Kier molecular flexibility index (Phi) is 6.85. The van der Waals surface area contributed by atoms with Gasteiger partial charge in [-0.25, -0.2) is 0 Å². The van der Waals surface area contributed by atoms with Crippen LogP contribution in [0.5, 0.6) is 5.75 Å². The normalized spacial score (nSPS) is 11.0. The van der Waals surface area contributed by atoms with Crippen molar-refractivity contribution in [1.82, 2.24) is 10.3 Å². The van der Waals surface area contributed by atoms with E-state index in [1.54, 1.807) is 68.6 Å². The molecule has 0 aliphatic carbocycles. The van der Waals surface area contributed by atoms with Crippen molar-refractivity contribution in [2.45, 2.75) is 25.9 Å². The Morgan fingerprint density at radius 1 is 0.967 bits per heavy atom. The maximum Gasteiger partial charge on any atom is 0.263 e. The zero-order valence-electron chi connectivity index (χ0n) is 16.9. The van der Waals surface area contributed by atoms with Gasteiger partial charge in [0.2, 0.25) is 0 Å². The van der Waals surface area contributed by atoms with E-state index in [0.29, 0.717) is 34.9 Å². The minimum absolute atomic E-state index is 0.107. The van der Waals surface area contributed by atoms with Crippen LogP contribution >= 0.6 is 11.6 Å². The Labute approximate surface area is 181 Å². The van der Waals surface area contributed by atoms with Crippen molar-refractivity contribution >= 4 is 23.3 Å². The van der Waals surface area contributed by atoms with Gasteiger partial charge in [-0.2, -0.15) is 0 Å². The summed E-state index contributed by atoms with van der Waals surface area (Å²) in [6, 6.07) is 19.2. The number of ether oxygens (including phenoxy) is 1. The Bertz CT molecular complexity index is 1000. The molecule has 0 saturated carbocycles. The van der Waals surface area contributed by atoms with Gasteiger partial charge in [0.25, 0.3) is 5.91 Å². The first-order chi connectivity index (χ1) is 14.3. The second kappa shape index (κ2) is 9.55. The number of rotatable bonds is 8. The van der Waals surface area contributed by atoms with Crippen molar-refractivity contribution in [3.8, 4) is 5.75 Å². The number of hydrogen-bond donors (Lipinski definition) is 1. The van der Waals surface area contributed by atoms with Gasteiger partial charge in [-0.15, -0.1) is 0 Å². The number of halogens is 1. The molecule has 1 N–H and O–H groups in total. The van der Waals surface area contributed by atoms with Crippen LogP contribution in [0.4, 0.5) is 0 Å². The minimum Gasteiger partial charge on any atom is -0.478 e. The number of nitrogens with one attached hydrogen (secondary N) is 1. The average Bonchev–Trinajstić information content (AvgIpc) is 2.75. The summed E-state index contributed by atoms with van der Waals surface area (Å²) in [6.45, 7) is 3.88. The molecule has 1 amide bonds. The predicted molar refractivity (Wildman–Crippen MR) is 117 cm³/mol. The van der Waals surface area contributed by atoms with E-state index in [1.807, 2.05) is 18.2 Å². The van der Waals surface area contributed by atoms with E-state index < -0.39 is 5.60 Å². The lowest BCUT2D eigenvalue weighted by Gasteiger charge is -2.25. The molecular weight excluding hydrogens is 400 g/mol. The molecule has 154 valence electrons. The summed E-state index contributed by atoms with van der Waals surface area (Å²) >= 11 is 5.87. The van der Waals surface area contributed by atoms with E-state index in [2.05, 4.69) is 10.3 Å². The van der Waals surface area contributed by atoms with E-state index in [9.17, 15) is 9.59 Å². The number of ketones is 1. The van der Waals surface area contributed by atoms with E-state index >= 15 is 0 Å². The van der Waals surface area contributed by atoms with Crippen LogP contribution in [-0.2, 0) is 11.2 Å². The summed E-state index contributed by atoms with van der Waals surface area (Å²) in [5.41, 5.74) is 0.937. The lowest BCUT2D eigenvalue weighted by Crippen LogP contribution is -2.47. The lowest BCUT2D eigenvalue weighted by molar-refractivity contribution is -0.134. The van der Waals surface area contributed by atoms with Crippen LogP contribution in [0.15, 0.2) is 72.9 Å². The SMILES string of the molecule is CC(C)(Oc1ccc(C(=O)c2ccc(Cl)cc2)cc1)C(=O)NCCc1ccccn1. The number of carbonyl (C=O) groups is 2. The Hall–Kier alpha value is -3.18. The lowest BCUT2D eigenvalue weighted by atomic mass is 10.0. The molecule has 1 heterocycles. The first-order valence-electron chi connectivity index (χ1n) is 9.63. The van der Waals surface area contributed by atoms with E-state index in [-0.39, 0.29) is 11.7 Å². The molecule has 0 spiro atoms. The van der Waals surface area contributed by atoms with Crippen LogP contribution in [0, 0.1) is 0 Å². The molecule has 3 aromatic rings. The van der Waals surface area contributed by atoms with Gasteiger partial charge in [0.1, 0.15) is 5.75 Å². The number of aromatic nitrogens is 1. The summed E-state index contributed by atoms with van der Waals surface area (Å²) in [5, 5.41) is 3.46. The van der Waals surface area contributed by atoms with Crippen molar-refractivity contribution in [3.05, 3.63) is 94.8 Å². The molecule has 0 radical (unpaired) electrons. The van der Waals surface area contributed by atoms with E-state index in [4.69, 9.17) is 16.3 Å². The summed E-state index contributed by atoms with van der Waals surface area (Å²) in [4.78, 5) is 29.3. The third-order valence-electron chi connectivity index (χ3n) is 4.54. The van der Waals surface area contributed by atoms with Crippen molar-refractivity contribution < 1.29 is 14.3 Å². The zero-order chi connectivity index (χ0) is 21.6.